The molecular formula is C28H20FN5OS. The van der Waals surface area contributed by atoms with Crippen LogP contribution >= 0.6 is 11.8 Å². The van der Waals surface area contributed by atoms with E-state index < -0.39 is 11.7 Å². The fourth-order valence-corrected chi connectivity index (χ4v) is 5.46. The van der Waals surface area contributed by atoms with E-state index in [0.717, 1.165) is 39.8 Å². The number of hydrazone groups is 1. The molecule has 0 spiro atoms. The van der Waals surface area contributed by atoms with E-state index >= 15 is 0 Å². The standard InChI is InChI=1S/C28H20FN5OS/c1-16-13-20(17(2)33(16)21-12-11-18-7-3-4-8-19(18)14-21)15-23-25(30)34-28(31-26(23)35)36-27(32-34)22-9-5-6-10-24(22)29/h3-15,30H,1-2H3/b23-15-,30-25?. The minimum Gasteiger partial charge on any atom is -0.318 e. The Morgan fingerprint density at radius 3 is 2.53 bits per heavy atom. The molecule has 0 saturated heterocycles. The number of aliphatic imine (C=N–C) groups is 1. The monoisotopic (exact) mass is 493 g/mol. The number of carbonyl (C=O) groups is 1. The number of aromatic nitrogens is 1. The van der Waals surface area contributed by atoms with Crippen molar-refractivity contribution in [2.24, 2.45) is 10.1 Å². The number of nitrogens with zero attached hydrogens (tertiary/aromatic N) is 4. The third-order valence-corrected chi connectivity index (χ3v) is 7.26. The Morgan fingerprint density at radius 1 is 0.972 bits per heavy atom. The van der Waals surface area contributed by atoms with E-state index in [4.69, 9.17) is 5.41 Å². The molecule has 6 nitrogen and oxygen atoms in total. The van der Waals surface area contributed by atoms with Crippen molar-refractivity contribution in [1.82, 2.24) is 9.58 Å². The SMILES string of the molecule is Cc1cc(/C=C2/C(=N)N3N=C(c4ccccc4F)SC3=NC2=O)c(C)n1-c1ccc2ccccc2c1. The van der Waals surface area contributed by atoms with Gasteiger partial charge in [-0.3, -0.25) is 10.2 Å². The molecule has 2 aliphatic rings. The Labute approximate surface area is 211 Å². The third kappa shape index (κ3) is 3.58. The van der Waals surface area contributed by atoms with Crippen LogP contribution < -0.4 is 0 Å². The van der Waals surface area contributed by atoms with Crippen LogP contribution in [0.1, 0.15) is 22.5 Å². The van der Waals surface area contributed by atoms with Crippen LogP contribution in [0.3, 0.4) is 0 Å². The second-order valence-electron chi connectivity index (χ2n) is 8.60. The Hall–Kier alpha value is -4.30. The van der Waals surface area contributed by atoms with Gasteiger partial charge in [0.15, 0.2) is 5.84 Å². The van der Waals surface area contributed by atoms with Gasteiger partial charge in [0.05, 0.1) is 5.57 Å². The van der Waals surface area contributed by atoms with Gasteiger partial charge in [-0.25, -0.2) is 4.39 Å². The Balaban J connectivity index is 1.37. The summed E-state index contributed by atoms with van der Waals surface area (Å²) < 4.78 is 16.4. The molecule has 0 bridgehead atoms. The highest BCUT2D eigenvalue weighted by atomic mass is 32.2. The summed E-state index contributed by atoms with van der Waals surface area (Å²) in [5, 5.41) is 17.3. The molecule has 2 aliphatic heterocycles. The van der Waals surface area contributed by atoms with E-state index in [2.05, 4.69) is 45.0 Å². The fraction of sp³-hybridized carbons (Fsp3) is 0.0714. The predicted octanol–water partition coefficient (Wildman–Crippen LogP) is 6.05. The smallest absolute Gasteiger partial charge is 0.283 e. The van der Waals surface area contributed by atoms with E-state index in [1.807, 2.05) is 32.0 Å². The number of aryl methyl sites for hydroxylation is 1. The van der Waals surface area contributed by atoms with Crippen molar-refractivity contribution in [3.63, 3.8) is 0 Å². The van der Waals surface area contributed by atoms with E-state index in [1.54, 1.807) is 24.3 Å². The minimum atomic E-state index is -0.515. The van der Waals surface area contributed by atoms with Gasteiger partial charge in [-0.05, 0) is 78.4 Å². The zero-order valence-electron chi connectivity index (χ0n) is 19.5. The number of benzene rings is 3. The van der Waals surface area contributed by atoms with E-state index in [1.165, 1.54) is 16.5 Å². The number of fused-ring (bicyclic) bond motifs is 2. The largest absolute Gasteiger partial charge is 0.318 e. The highest BCUT2D eigenvalue weighted by Gasteiger charge is 2.36. The van der Waals surface area contributed by atoms with Crippen LogP contribution in [-0.2, 0) is 4.79 Å². The lowest BCUT2D eigenvalue weighted by Gasteiger charge is -2.20. The summed E-state index contributed by atoms with van der Waals surface area (Å²) in [4.78, 5) is 17.1. The molecule has 1 aromatic heterocycles. The van der Waals surface area contributed by atoms with Crippen LogP contribution in [0.4, 0.5) is 4.39 Å². The van der Waals surface area contributed by atoms with Crippen molar-refractivity contribution in [2.45, 2.75) is 13.8 Å². The topological polar surface area (TPSA) is 73.8 Å². The van der Waals surface area contributed by atoms with Crippen LogP contribution in [0.25, 0.3) is 22.5 Å². The van der Waals surface area contributed by atoms with Gasteiger partial charge in [0.25, 0.3) is 5.91 Å². The second-order valence-corrected chi connectivity index (χ2v) is 9.55. The maximum atomic E-state index is 14.3. The number of carbonyl (C=O) groups excluding carboxylic acids is 1. The van der Waals surface area contributed by atoms with Crippen molar-refractivity contribution >= 4 is 50.6 Å². The molecular weight excluding hydrogens is 473 g/mol. The van der Waals surface area contributed by atoms with E-state index in [9.17, 15) is 9.18 Å². The van der Waals surface area contributed by atoms with Crippen molar-refractivity contribution in [1.29, 1.82) is 5.41 Å². The molecule has 176 valence electrons. The zero-order valence-corrected chi connectivity index (χ0v) is 20.3. The van der Waals surface area contributed by atoms with E-state index in [0.29, 0.717) is 10.6 Å². The predicted molar refractivity (Wildman–Crippen MR) is 143 cm³/mol. The Bertz CT molecular complexity index is 1700. The molecule has 0 unspecified atom stereocenters. The lowest BCUT2D eigenvalue weighted by atomic mass is 10.1. The molecule has 0 atom stereocenters. The molecule has 0 fully saturated rings. The second kappa shape index (κ2) is 8.42. The number of amides is 1. The van der Waals surface area contributed by atoms with Gasteiger partial charge in [0.2, 0.25) is 5.17 Å². The number of thioether (sulfide) groups is 1. The van der Waals surface area contributed by atoms with Gasteiger partial charge in [-0.15, -0.1) is 0 Å². The average molecular weight is 494 g/mol. The van der Waals surface area contributed by atoms with Gasteiger partial charge in [-0.1, -0.05) is 42.5 Å². The van der Waals surface area contributed by atoms with Gasteiger partial charge >= 0.3 is 0 Å². The maximum absolute atomic E-state index is 14.3. The minimum absolute atomic E-state index is 0.0839. The summed E-state index contributed by atoms with van der Waals surface area (Å²) in [5.41, 5.74) is 4.23. The quantitative estimate of drug-likeness (QED) is 0.353. The van der Waals surface area contributed by atoms with Crippen LogP contribution in [0.2, 0.25) is 0 Å². The van der Waals surface area contributed by atoms with Gasteiger partial charge in [0.1, 0.15) is 10.9 Å². The van der Waals surface area contributed by atoms with Crippen molar-refractivity contribution in [2.75, 3.05) is 0 Å². The normalized spacial score (nSPS) is 16.5. The number of hydrogen-bond acceptors (Lipinski definition) is 4. The molecule has 0 aliphatic carbocycles. The fourth-order valence-electron chi connectivity index (χ4n) is 4.54. The molecule has 0 saturated carbocycles. The van der Waals surface area contributed by atoms with Crippen LogP contribution in [-0.4, -0.2) is 31.5 Å². The number of halogens is 1. The van der Waals surface area contributed by atoms with Gasteiger partial charge < -0.3 is 4.57 Å². The molecule has 1 amide bonds. The molecule has 36 heavy (non-hydrogen) atoms. The first-order valence-electron chi connectivity index (χ1n) is 11.3. The highest BCUT2D eigenvalue weighted by Crippen LogP contribution is 2.32. The van der Waals surface area contributed by atoms with Crippen molar-refractivity contribution in [3.05, 3.63) is 107 Å². The number of amidine groups is 2. The molecule has 4 aromatic rings. The molecule has 6 rings (SSSR count). The molecule has 8 heteroatoms. The van der Waals surface area contributed by atoms with E-state index in [-0.39, 0.29) is 16.6 Å². The van der Waals surface area contributed by atoms with Crippen LogP contribution in [0, 0.1) is 25.1 Å². The summed E-state index contributed by atoms with van der Waals surface area (Å²) in [6, 6.07) is 22.8. The first-order valence-corrected chi connectivity index (χ1v) is 12.2. The third-order valence-electron chi connectivity index (χ3n) is 6.32. The summed E-state index contributed by atoms with van der Waals surface area (Å²) in [5.74, 6) is -1.02. The number of nitrogens with one attached hydrogen (secondary N) is 1. The summed E-state index contributed by atoms with van der Waals surface area (Å²) >= 11 is 1.08. The van der Waals surface area contributed by atoms with Crippen molar-refractivity contribution < 1.29 is 9.18 Å². The highest BCUT2D eigenvalue weighted by molar-refractivity contribution is 8.27. The summed E-state index contributed by atoms with van der Waals surface area (Å²) in [7, 11) is 0. The lowest BCUT2D eigenvalue weighted by Crippen LogP contribution is -2.35. The number of rotatable bonds is 3. The first kappa shape index (κ1) is 22.2. The zero-order chi connectivity index (χ0) is 25.0. The summed E-state index contributed by atoms with van der Waals surface area (Å²) in [6.07, 6.45) is 1.69. The average Bonchev–Trinajstić information content (AvgIpc) is 3.41. The molecule has 0 radical (unpaired) electrons. The molecule has 3 aromatic carbocycles. The maximum Gasteiger partial charge on any atom is 0.283 e. The first-order chi connectivity index (χ1) is 17.4. The number of hydrogen-bond donors (Lipinski definition) is 1. The lowest BCUT2D eigenvalue weighted by molar-refractivity contribution is -0.114. The van der Waals surface area contributed by atoms with Crippen molar-refractivity contribution in [3.8, 4) is 5.69 Å². The van der Waals surface area contributed by atoms with Crippen LogP contribution in [0.15, 0.2) is 88.5 Å². The van der Waals surface area contributed by atoms with Gasteiger partial charge in [0, 0.05) is 22.6 Å². The molecule has 3 heterocycles. The van der Waals surface area contributed by atoms with Gasteiger partial charge in [-0.2, -0.15) is 15.1 Å². The summed E-state index contributed by atoms with van der Waals surface area (Å²) in [6.45, 7) is 4.00. The Morgan fingerprint density at radius 2 is 1.72 bits per heavy atom. The van der Waals surface area contributed by atoms with Crippen LogP contribution in [0.5, 0.6) is 0 Å². The molecule has 1 N–H and O–H groups in total. The Kier molecular flexibility index (Phi) is 5.19.